The monoisotopic (exact) mass is 416 g/mol. The smallest absolute Gasteiger partial charge is 0.254 e. The minimum Gasteiger partial charge on any atom is -0.334 e. The predicted octanol–water partition coefficient (Wildman–Crippen LogP) is 3.42. The van der Waals surface area contributed by atoms with Crippen molar-refractivity contribution in [3.05, 3.63) is 48.2 Å². The summed E-state index contributed by atoms with van der Waals surface area (Å²) in [6, 6.07) is 12.0. The average Bonchev–Trinajstić information content (AvgIpc) is 3.40. The molecule has 0 radical (unpaired) electrons. The molecule has 7 nitrogen and oxygen atoms in total. The molecule has 4 aromatic rings. The zero-order chi connectivity index (χ0) is 21.9. The lowest BCUT2D eigenvalue weighted by Crippen LogP contribution is -2.40. The summed E-state index contributed by atoms with van der Waals surface area (Å²) >= 11 is 0. The van der Waals surface area contributed by atoms with Crippen molar-refractivity contribution in [1.82, 2.24) is 24.0 Å². The van der Waals surface area contributed by atoms with E-state index in [0.29, 0.717) is 18.0 Å². The van der Waals surface area contributed by atoms with Gasteiger partial charge in [-0.3, -0.25) is 4.79 Å². The maximum Gasteiger partial charge on any atom is 0.254 e. The topological polar surface area (TPSA) is 82.0 Å². The number of imidazole rings is 1. The molecular weight excluding hydrogens is 388 g/mol. The molecule has 3 aromatic heterocycles. The molecule has 1 aromatic carbocycles. The van der Waals surface area contributed by atoms with Crippen LogP contribution in [0.15, 0.2) is 42.6 Å². The Morgan fingerprint density at radius 3 is 2.74 bits per heavy atom. The molecule has 1 saturated heterocycles. The van der Waals surface area contributed by atoms with Crippen LogP contribution in [0.4, 0.5) is 0 Å². The number of nitrogens with two attached hydrogens (primary N) is 1. The van der Waals surface area contributed by atoms with Crippen molar-refractivity contribution in [1.29, 1.82) is 0 Å². The number of carbonyl (C=O) groups excluding carboxylic acids is 1. The molecular formula is C24H28N6O. The molecule has 0 bridgehead atoms. The Hall–Kier alpha value is -3.19. The van der Waals surface area contributed by atoms with Crippen molar-refractivity contribution >= 4 is 28.0 Å². The first kappa shape index (κ1) is 19.8. The lowest BCUT2D eigenvalue weighted by molar-refractivity contribution is 0.0740. The van der Waals surface area contributed by atoms with Gasteiger partial charge in [0, 0.05) is 49.4 Å². The fourth-order valence-electron chi connectivity index (χ4n) is 4.87. The first-order chi connectivity index (χ1) is 14.9. The maximum absolute atomic E-state index is 13.2. The second-order valence-corrected chi connectivity index (χ2v) is 8.64. The van der Waals surface area contributed by atoms with Gasteiger partial charge in [-0.2, -0.15) is 0 Å². The van der Waals surface area contributed by atoms with Gasteiger partial charge >= 0.3 is 0 Å². The number of rotatable bonds is 3. The molecule has 1 amide bonds. The number of fused-ring (bicyclic) bond motifs is 2. The molecule has 3 atom stereocenters. The second kappa shape index (κ2) is 7.20. The number of hydrogen-bond acceptors (Lipinski definition) is 4. The molecule has 4 heterocycles. The minimum atomic E-state index is 0.0127. The van der Waals surface area contributed by atoms with Crippen LogP contribution in [0.2, 0.25) is 0 Å². The Bertz CT molecular complexity index is 1300. The van der Waals surface area contributed by atoms with Gasteiger partial charge in [0.1, 0.15) is 5.65 Å². The molecule has 0 aliphatic carbocycles. The highest BCUT2D eigenvalue weighted by Crippen LogP contribution is 2.30. The molecule has 1 fully saturated rings. The van der Waals surface area contributed by atoms with Crippen LogP contribution < -0.4 is 5.73 Å². The Labute approximate surface area is 181 Å². The van der Waals surface area contributed by atoms with Crippen LogP contribution in [0.3, 0.4) is 0 Å². The average molecular weight is 417 g/mol. The van der Waals surface area contributed by atoms with E-state index in [1.54, 1.807) is 0 Å². The van der Waals surface area contributed by atoms with Gasteiger partial charge in [0.05, 0.1) is 16.7 Å². The van der Waals surface area contributed by atoms with Crippen molar-refractivity contribution in [2.45, 2.75) is 39.4 Å². The van der Waals surface area contributed by atoms with Gasteiger partial charge in [0.2, 0.25) is 0 Å². The van der Waals surface area contributed by atoms with Crippen molar-refractivity contribution in [3.8, 4) is 11.5 Å². The lowest BCUT2D eigenvalue weighted by atomic mass is 10.0. The summed E-state index contributed by atoms with van der Waals surface area (Å²) in [5.74, 6) is 1.19. The summed E-state index contributed by atoms with van der Waals surface area (Å²) in [5, 5.41) is 1.09. The number of likely N-dealkylation sites (tertiary alicyclic amines) is 1. The number of amides is 1. The minimum absolute atomic E-state index is 0.0127. The van der Waals surface area contributed by atoms with Crippen LogP contribution in [0.5, 0.6) is 0 Å². The Morgan fingerprint density at radius 2 is 2.03 bits per heavy atom. The highest BCUT2D eigenvalue weighted by atomic mass is 16.2. The normalized spacial score (nSPS) is 21.5. The van der Waals surface area contributed by atoms with Crippen molar-refractivity contribution < 1.29 is 4.79 Å². The largest absolute Gasteiger partial charge is 0.334 e. The molecule has 160 valence electrons. The van der Waals surface area contributed by atoms with E-state index in [9.17, 15) is 4.79 Å². The van der Waals surface area contributed by atoms with E-state index in [0.717, 1.165) is 40.1 Å². The third-order valence-electron chi connectivity index (χ3n) is 6.78. The van der Waals surface area contributed by atoms with Crippen LogP contribution in [0.25, 0.3) is 33.6 Å². The van der Waals surface area contributed by atoms with Gasteiger partial charge < -0.3 is 19.8 Å². The van der Waals surface area contributed by atoms with Gasteiger partial charge in [-0.1, -0.05) is 6.92 Å². The van der Waals surface area contributed by atoms with Crippen LogP contribution in [0, 0.1) is 5.92 Å². The first-order valence-corrected chi connectivity index (χ1v) is 10.9. The Balaban J connectivity index is 1.58. The van der Waals surface area contributed by atoms with Gasteiger partial charge in [-0.15, -0.1) is 0 Å². The van der Waals surface area contributed by atoms with Crippen LogP contribution in [-0.2, 0) is 13.6 Å². The number of nitrogens with zero attached hydrogens (tertiary/aromatic N) is 5. The number of carbonyl (C=O) groups is 1. The SMILES string of the molecule is CCn1c(-c2nc3cc(C(=O)N4C[C@@H](C)[C@@H](N)[C@H]4C)ccc3n2C)cc2cccnc21. The summed E-state index contributed by atoms with van der Waals surface area (Å²) in [7, 11) is 2.01. The van der Waals surface area contributed by atoms with E-state index in [-0.39, 0.29) is 18.0 Å². The number of hydrogen-bond donors (Lipinski definition) is 1. The fraction of sp³-hybridized carbons (Fsp3) is 0.375. The first-order valence-electron chi connectivity index (χ1n) is 10.9. The van der Waals surface area contributed by atoms with Crippen molar-refractivity contribution in [2.24, 2.45) is 18.7 Å². The van der Waals surface area contributed by atoms with Crippen molar-refractivity contribution in [3.63, 3.8) is 0 Å². The molecule has 0 saturated carbocycles. The predicted molar refractivity (Wildman–Crippen MR) is 123 cm³/mol. The highest BCUT2D eigenvalue weighted by molar-refractivity contribution is 5.98. The third-order valence-corrected chi connectivity index (χ3v) is 6.78. The molecule has 1 aliphatic rings. The Kier molecular flexibility index (Phi) is 4.59. The van der Waals surface area contributed by atoms with Gasteiger partial charge in [-0.25, -0.2) is 9.97 Å². The molecule has 0 unspecified atom stereocenters. The van der Waals surface area contributed by atoms with E-state index >= 15 is 0 Å². The number of pyridine rings is 1. The molecule has 31 heavy (non-hydrogen) atoms. The standard InChI is InChI=1S/C24H28N6O/c1-5-29-20(12-16-7-6-10-26-22(16)29)23-27-18-11-17(8-9-19(18)28(23)4)24(31)30-13-14(2)21(25)15(30)3/h6-12,14-15,21H,5,13,25H2,1-4H3/t14-,15-,21-/m1/s1. The van der Waals surface area contributed by atoms with E-state index in [2.05, 4.69) is 40.1 Å². The van der Waals surface area contributed by atoms with Gasteiger partial charge in [-0.05, 0) is 56.2 Å². The van der Waals surface area contributed by atoms with E-state index in [1.807, 2.05) is 49.3 Å². The summed E-state index contributed by atoms with van der Waals surface area (Å²) in [6.45, 7) is 7.73. The van der Waals surface area contributed by atoms with Gasteiger partial charge in [0.25, 0.3) is 5.91 Å². The van der Waals surface area contributed by atoms with Crippen LogP contribution in [0.1, 0.15) is 31.1 Å². The number of aromatic nitrogens is 4. The number of aryl methyl sites for hydroxylation is 2. The summed E-state index contributed by atoms with van der Waals surface area (Å²) in [6.07, 6.45) is 1.82. The van der Waals surface area contributed by atoms with E-state index < -0.39 is 0 Å². The lowest BCUT2D eigenvalue weighted by Gasteiger charge is -2.23. The van der Waals surface area contributed by atoms with E-state index in [1.165, 1.54) is 0 Å². The molecule has 0 spiro atoms. The van der Waals surface area contributed by atoms with Gasteiger partial charge in [0.15, 0.2) is 5.82 Å². The van der Waals surface area contributed by atoms with E-state index in [4.69, 9.17) is 10.7 Å². The summed E-state index contributed by atoms with van der Waals surface area (Å²) in [5.41, 5.74) is 10.7. The number of benzene rings is 1. The zero-order valence-corrected chi connectivity index (χ0v) is 18.4. The van der Waals surface area contributed by atoms with Crippen LogP contribution >= 0.6 is 0 Å². The van der Waals surface area contributed by atoms with Crippen LogP contribution in [-0.4, -0.2) is 48.5 Å². The quantitative estimate of drug-likeness (QED) is 0.555. The fourth-order valence-corrected chi connectivity index (χ4v) is 4.87. The summed E-state index contributed by atoms with van der Waals surface area (Å²) < 4.78 is 4.26. The molecule has 1 aliphatic heterocycles. The Morgan fingerprint density at radius 1 is 1.23 bits per heavy atom. The zero-order valence-electron chi connectivity index (χ0n) is 18.4. The summed E-state index contributed by atoms with van der Waals surface area (Å²) in [4.78, 5) is 24.6. The molecule has 2 N–H and O–H groups in total. The van der Waals surface area contributed by atoms with Crippen molar-refractivity contribution in [2.75, 3.05) is 6.54 Å². The second-order valence-electron chi connectivity index (χ2n) is 8.64. The maximum atomic E-state index is 13.2. The molecule has 5 rings (SSSR count). The molecule has 7 heteroatoms. The highest BCUT2D eigenvalue weighted by Gasteiger charge is 2.37. The third kappa shape index (κ3) is 2.95.